The van der Waals surface area contributed by atoms with Crippen LogP contribution in [0.4, 0.5) is 4.79 Å². The molecule has 0 saturated heterocycles. The summed E-state index contributed by atoms with van der Waals surface area (Å²) in [5, 5.41) is 0. The van der Waals surface area contributed by atoms with Crippen molar-refractivity contribution < 1.29 is 19.1 Å². The normalized spacial score (nSPS) is 17.4. The summed E-state index contributed by atoms with van der Waals surface area (Å²) in [5.74, 6) is -0.303. The summed E-state index contributed by atoms with van der Waals surface area (Å²) >= 11 is 0. The van der Waals surface area contributed by atoms with Crippen LogP contribution in [0.15, 0.2) is 24.3 Å². The van der Waals surface area contributed by atoms with Gasteiger partial charge >= 0.3 is 12.1 Å². The lowest BCUT2D eigenvalue weighted by Crippen LogP contribution is -2.43. The maximum absolute atomic E-state index is 12.5. The number of hydrogen-bond acceptors (Lipinski definition) is 4. The number of rotatable bonds is 3. The molecule has 0 saturated carbocycles. The van der Waals surface area contributed by atoms with E-state index in [4.69, 9.17) is 9.47 Å². The smallest absolute Gasteiger partial charge is 0.410 e. The Labute approximate surface area is 137 Å². The summed E-state index contributed by atoms with van der Waals surface area (Å²) in [6.45, 7) is 8.16. The van der Waals surface area contributed by atoms with Gasteiger partial charge in [-0.1, -0.05) is 24.3 Å². The van der Waals surface area contributed by atoms with E-state index in [1.165, 1.54) is 5.56 Å². The van der Waals surface area contributed by atoms with E-state index in [0.29, 0.717) is 13.2 Å². The van der Waals surface area contributed by atoms with Crippen LogP contribution in [0.1, 0.15) is 51.3 Å². The van der Waals surface area contributed by atoms with Gasteiger partial charge in [-0.25, -0.2) is 4.79 Å². The van der Waals surface area contributed by atoms with Crippen molar-refractivity contribution in [1.82, 2.24) is 4.90 Å². The molecule has 0 radical (unpaired) electrons. The first-order chi connectivity index (χ1) is 10.8. The van der Waals surface area contributed by atoms with E-state index >= 15 is 0 Å². The number of fused-ring (bicyclic) bond motifs is 1. The molecular weight excluding hydrogens is 294 g/mol. The third-order valence-corrected chi connectivity index (χ3v) is 3.71. The van der Waals surface area contributed by atoms with E-state index < -0.39 is 5.60 Å². The van der Waals surface area contributed by atoms with Gasteiger partial charge in [-0.3, -0.25) is 4.79 Å². The maximum Gasteiger partial charge on any atom is 0.410 e. The Bertz CT molecular complexity index is 577. The van der Waals surface area contributed by atoms with Crippen LogP contribution < -0.4 is 0 Å². The minimum absolute atomic E-state index is 0.143. The van der Waals surface area contributed by atoms with Gasteiger partial charge in [-0.05, 0) is 45.2 Å². The van der Waals surface area contributed by atoms with Crippen molar-refractivity contribution in [2.24, 2.45) is 0 Å². The fourth-order valence-corrected chi connectivity index (χ4v) is 2.79. The fraction of sp³-hybridized carbons (Fsp3) is 0.556. The van der Waals surface area contributed by atoms with Gasteiger partial charge in [-0.2, -0.15) is 0 Å². The molecule has 0 aromatic heterocycles. The summed E-state index contributed by atoms with van der Waals surface area (Å²) in [4.78, 5) is 26.1. The van der Waals surface area contributed by atoms with Crippen LogP contribution in [0, 0.1) is 0 Å². The summed E-state index contributed by atoms with van der Waals surface area (Å²) in [5.41, 5.74) is 1.60. The zero-order valence-corrected chi connectivity index (χ0v) is 14.3. The highest BCUT2D eigenvalue weighted by molar-refractivity contribution is 5.74. The summed E-state index contributed by atoms with van der Waals surface area (Å²) in [6.07, 6.45) is 0.514. The average Bonchev–Trinajstić information content (AvgIpc) is 2.46. The summed E-state index contributed by atoms with van der Waals surface area (Å²) in [6, 6.07) is 7.57. The quantitative estimate of drug-likeness (QED) is 0.801. The van der Waals surface area contributed by atoms with E-state index in [0.717, 1.165) is 12.0 Å². The van der Waals surface area contributed by atoms with Crippen molar-refractivity contribution in [3.8, 4) is 0 Å². The molecule has 0 aliphatic carbocycles. The molecule has 0 fully saturated rings. The Morgan fingerprint density at radius 2 is 1.96 bits per heavy atom. The van der Waals surface area contributed by atoms with Gasteiger partial charge in [-0.15, -0.1) is 0 Å². The third-order valence-electron chi connectivity index (χ3n) is 3.71. The first-order valence-corrected chi connectivity index (χ1v) is 8.05. The predicted octanol–water partition coefficient (Wildman–Crippen LogP) is 3.47. The second-order valence-electron chi connectivity index (χ2n) is 6.65. The highest BCUT2D eigenvalue weighted by Crippen LogP contribution is 2.33. The number of amides is 1. The molecule has 1 aliphatic heterocycles. The zero-order chi connectivity index (χ0) is 17.0. The minimum Gasteiger partial charge on any atom is -0.466 e. The largest absolute Gasteiger partial charge is 0.466 e. The maximum atomic E-state index is 12.5. The Balaban J connectivity index is 2.26. The Kier molecular flexibility index (Phi) is 5.29. The molecule has 1 amide bonds. The highest BCUT2D eigenvalue weighted by Gasteiger charge is 2.35. The second-order valence-corrected chi connectivity index (χ2v) is 6.65. The van der Waals surface area contributed by atoms with Gasteiger partial charge in [0.15, 0.2) is 0 Å². The molecule has 5 heteroatoms. The van der Waals surface area contributed by atoms with Crippen LogP contribution >= 0.6 is 0 Å². The number of ether oxygens (including phenoxy) is 2. The van der Waals surface area contributed by atoms with Gasteiger partial charge in [0.1, 0.15) is 5.60 Å². The summed E-state index contributed by atoms with van der Waals surface area (Å²) < 4.78 is 10.6. The molecule has 1 aromatic carbocycles. The Morgan fingerprint density at radius 3 is 2.61 bits per heavy atom. The first-order valence-electron chi connectivity index (χ1n) is 8.05. The predicted molar refractivity (Wildman–Crippen MR) is 87.1 cm³/mol. The van der Waals surface area contributed by atoms with Crippen molar-refractivity contribution >= 4 is 12.1 Å². The van der Waals surface area contributed by atoms with Crippen molar-refractivity contribution in [3.63, 3.8) is 0 Å². The van der Waals surface area contributed by atoms with Crippen molar-refractivity contribution in [1.29, 1.82) is 0 Å². The molecule has 1 heterocycles. The minimum atomic E-state index is -0.567. The topological polar surface area (TPSA) is 55.8 Å². The van der Waals surface area contributed by atoms with E-state index in [-0.39, 0.29) is 24.5 Å². The van der Waals surface area contributed by atoms with Crippen molar-refractivity contribution in [3.05, 3.63) is 35.4 Å². The van der Waals surface area contributed by atoms with Gasteiger partial charge in [0.05, 0.1) is 19.1 Å². The Morgan fingerprint density at radius 1 is 1.26 bits per heavy atom. The van der Waals surface area contributed by atoms with Crippen LogP contribution in [0.2, 0.25) is 0 Å². The molecule has 1 atom stereocenters. The number of esters is 1. The first kappa shape index (κ1) is 17.3. The van der Waals surface area contributed by atoms with Gasteiger partial charge < -0.3 is 14.4 Å². The SMILES string of the molecule is CCOC(=O)CC1c2ccccc2CCN1C(=O)OC(C)(C)C. The lowest BCUT2D eigenvalue weighted by molar-refractivity contribution is -0.144. The molecule has 1 unspecified atom stereocenters. The van der Waals surface area contributed by atoms with E-state index in [9.17, 15) is 9.59 Å². The molecule has 0 spiro atoms. The number of benzene rings is 1. The van der Waals surface area contributed by atoms with Crippen LogP contribution in [0.25, 0.3) is 0 Å². The summed E-state index contributed by atoms with van der Waals surface area (Å²) in [7, 11) is 0. The zero-order valence-electron chi connectivity index (χ0n) is 14.3. The number of carbonyl (C=O) groups excluding carboxylic acids is 2. The lowest BCUT2D eigenvalue weighted by Gasteiger charge is -2.37. The molecule has 0 bridgehead atoms. The highest BCUT2D eigenvalue weighted by atomic mass is 16.6. The van der Waals surface area contributed by atoms with E-state index in [1.54, 1.807) is 11.8 Å². The number of carbonyl (C=O) groups is 2. The lowest BCUT2D eigenvalue weighted by atomic mass is 9.91. The van der Waals surface area contributed by atoms with Gasteiger partial charge in [0.25, 0.3) is 0 Å². The molecule has 5 nitrogen and oxygen atoms in total. The van der Waals surface area contributed by atoms with Crippen LogP contribution in [0.3, 0.4) is 0 Å². The molecule has 0 N–H and O–H groups in total. The van der Waals surface area contributed by atoms with Crippen molar-refractivity contribution in [2.75, 3.05) is 13.2 Å². The standard InChI is InChI=1S/C18H25NO4/c1-5-22-16(20)12-15-14-9-7-6-8-13(14)10-11-19(15)17(21)23-18(2,3)4/h6-9,15H,5,10-12H2,1-4H3. The van der Waals surface area contributed by atoms with E-state index in [1.807, 2.05) is 45.0 Å². The Hall–Kier alpha value is -2.04. The third kappa shape index (κ3) is 4.47. The molecular formula is C18H25NO4. The molecule has 1 aromatic rings. The average molecular weight is 319 g/mol. The number of nitrogens with zero attached hydrogens (tertiary/aromatic N) is 1. The van der Waals surface area contributed by atoms with Crippen LogP contribution in [0.5, 0.6) is 0 Å². The monoisotopic (exact) mass is 319 g/mol. The number of hydrogen-bond donors (Lipinski definition) is 0. The molecule has 23 heavy (non-hydrogen) atoms. The fourth-order valence-electron chi connectivity index (χ4n) is 2.79. The van der Waals surface area contributed by atoms with E-state index in [2.05, 4.69) is 0 Å². The van der Waals surface area contributed by atoms with Gasteiger partial charge in [0, 0.05) is 6.54 Å². The molecule has 126 valence electrons. The molecule has 2 rings (SSSR count). The van der Waals surface area contributed by atoms with Crippen LogP contribution in [-0.2, 0) is 20.7 Å². The van der Waals surface area contributed by atoms with Crippen LogP contribution in [-0.4, -0.2) is 35.7 Å². The van der Waals surface area contributed by atoms with Gasteiger partial charge in [0.2, 0.25) is 0 Å². The molecule has 1 aliphatic rings. The van der Waals surface area contributed by atoms with Crippen molar-refractivity contribution in [2.45, 2.75) is 52.2 Å². The second kappa shape index (κ2) is 7.02.